The van der Waals surface area contributed by atoms with Crippen molar-refractivity contribution in [3.05, 3.63) is 18.0 Å². The molecule has 1 atom stereocenters. The van der Waals surface area contributed by atoms with E-state index < -0.39 is 11.9 Å². The van der Waals surface area contributed by atoms with Gasteiger partial charge >= 0.3 is 6.18 Å². The third-order valence-corrected chi connectivity index (χ3v) is 2.69. The summed E-state index contributed by atoms with van der Waals surface area (Å²) in [6.45, 7) is 0.618. The highest BCUT2D eigenvalue weighted by Crippen LogP contribution is 2.27. The van der Waals surface area contributed by atoms with E-state index in [4.69, 9.17) is 10.5 Å². The lowest BCUT2D eigenvalue weighted by atomic mass is 10.2. The Morgan fingerprint density at radius 3 is 2.70 bits per heavy atom. The zero-order chi connectivity index (χ0) is 16.6. The van der Waals surface area contributed by atoms with Crippen LogP contribution < -0.4 is 16.4 Å². The summed E-state index contributed by atoms with van der Waals surface area (Å²) in [5, 5.41) is 5.18. The number of ether oxygens (including phenoxy) is 1. The topological polar surface area (TPSA) is 102 Å². The molecule has 0 radical (unpaired) electrons. The Hall–Kier alpha value is -1.65. The second-order valence-corrected chi connectivity index (χ2v) is 4.34. The Kier molecular flexibility index (Phi) is 9.46. The average Bonchev–Trinajstić information content (AvgIpc) is 2.48. The van der Waals surface area contributed by atoms with Gasteiger partial charge in [-0.25, -0.2) is 9.97 Å². The highest BCUT2D eigenvalue weighted by molar-refractivity contribution is 5.85. The van der Waals surface area contributed by atoms with Crippen molar-refractivity contribution in [1.82, 2.24) is 15.3 Å². The summed E-state index contributed by atoms with van der Waals surface area (Å²) in [5.74, 6) is -0.412. The summed E-state index contributed by atoms with van der Waals surface area (Å²) in [6.07, 6.45) is -3.75. The Morgan fingerprint density at radius 2 is 2.13 bits per heavy atom. The molecule has 1 rings (SSSR count). The predicted octanol–water partition coefficient (Wildman–Crippen LogP) is 0.809. The number of nitrogens with one attached hydrogen (secondary N) is 2. The van der Waals surface area contributed by atoms with Gasteiger partial charge in [0.25, 0.3) is 0 Å². The van der Waals surface area contributed by atoms with Crippen LogP contribution in [-0.4, -0.2) is 48.7 Å². The normalized spacial score (nSPS) is 12.2. The van der Waals surface area contributed by atoms with Crippen molar-refractivity contribution in [2.75, 3.05) is 32.1 Å². The quantitative estimate of drug-likeness (QED) is 0.595. The molecule has 1 aromatic rings. The number of rotatable bonds is 8. The maximum atomic E-state index is 12.5. The third-order valence-electron chi connectivity index (χ3n) is 2.69. The van der Waals surface area contributed by atoms with Gasteiger partial charge in [-0.3, -0.25) is 4.79 Å². The van der Waals surface area contributed by atoms with E-state index in [9.17, 15) is 18.0 Å². The number of carbonyl (C=O) groups is 1. The fraction of sp³-hybridized carbons (Fsp3) is 0.583. The first kappa shape index (κ1) is 21.4. The minimum atomic E-state index is -4.52. The Bertz CT molecular complexity index is 486. The van der Waals surface area contributed by atoms with Gasteiger partial charge in [0.05, 0.1) is 12.5 Å². The molecule has 1 aromatic heterocycles. The minimum absolute atomic E-state index is 0. The number of amides is 1. The molecule has 4 N–H and O–H groups in total. The zero-order valence-corrected chi connectivity index (χ0v) is 13.2. The third kappa shape index (κ3) is 7.95. The summed E-state index contributed by atoms with van der Waals surface area (Å²) >= 11 is 0. The highest BCUT2D eigenvalue weighted by atomic mass is 35.5. The van der Waals surface area contributed by atoms with E-state index in [1.54, 1.807) is 0 Å². The maximum absolute atomic E-state index is 12.5. The smallest absolute Gasteiger partial charge is 0.380 e. The molecule has 11 heteroatoms. The number of nitrogens with two attached hydrogens (primary N) is 1. The average molecular weight is 358 g/mol. The summed E-state index contributed by atoms with van der Waals surface area (Å²) in [5.41, 5.74) is 4.36. The Balaban J connectivity index is 0.00000484. The minimum Gasteiger partial charge on any atom is -0.380 e. The molecule has 132 valence electrons. The van der Waals surface area contributed by atoms with Gasteiger partial charge in [-0.05, 0) is 6.07 Å². The molecule has 0 spiro atoms. The van der Waals surface area contributed by atoms with Crippen LogP contribution in [-0.2, 0) is 15.7 Å². The summed E-state index contributed by atoms with van der Waals surface area (Å²) < 4.78 is 42.3. The lowest BCUT2D eigenvalue weighted by molar-refractivity contribution is -0.141. The zero-order valence-electron chi connectivity index (χ0n) is 12.4. The van der Waals surface area contributed by atoms with Gasteiger partial charge in [0.15, 0.2) is 0 Å². The molecule has 1 amide bonds. The van der Waals surface area contributed by atoms with Gasteiger partial charge in [0.1, 0.15) is 5.69 Å². The molecular weight excluding hydrogens is 339 g/mol. The molecule has 0 aliphatic rings. The maximum Gasteiger partial charge on any atom is 0.433 e. The van der Waals surface area contributed by atoms with Gasteiger partial charge in [0.2, 0.25) is 11.9 Å². The fourth-order valence-electron chi connectivity index (χ4n) is 1.52. The number of hydrogen-bond donors (Lipinski definition) is 3. The van der Waals surface area contributed by atoms with Crippen molar-refractivity contribution in [3.8, 4) is 0 Å². The largest absolute Gasteiger partial charge is 0.433 e. The lowest BCUT2D eigenvalue weighted by Gasteiger charge is -2.13. The first-order chi connectivity index (χ1) is 10.4. The summed E-state index contributed by atoms with van der Waals surface area (Å²) in [7, 11) is 1.46. The number of anilines is 1. The van der Waals surface area contributed by atoms with E-state index >= 15 is 0 Å². The van der Waals surface area contributed by atoms with Gasteiger partial charge in [-0.2, -0.15) is 13.2 Å². The molecule has 0 aromatic carbocycles. The summed E-state index contributed by atoms with van der Waals surface area (Å²) in [6, 6.07) is 0.782. The molecule has 0 fully saturated rings. The van der Waals surface area contributed by atoms with Gasteiger partial charge < -0.3 is 21.1 Å². The van der Waals surface area contributed by atoms with Crippen molar-refractivity contribution < 1.29 is 22.7 Å². The number of halogens is 4. The van der Waals surface area contributed by atoms with Crippen molar-refractivity contribution in [1.29, 1.82) is 0 Å². The predicted molar refractivity (Wildman–Crippen MR) is 80.2 cm³/mol. The van der Waals surface area contributed by atoms with Crippen LogP contribution in [0.15, 0.2) is 12.3 Å². The molecule has 0 saturated heterocycles. The number of hydrogen-bond acceptors (Lipinski definition) is 6. The first-order valence-corrected chi connectivity index (χ1v) is 6.50. The second-order valence-electron chi connectivity index (χ2n) is 4.34. The van der Waals surface area contributed by atoms with Crippen LogP contribution in [0.3, 0.4) is 0 Å². The van der Waals surface area contributed by atoms with Crippen LogP contribution in [0.4, 0.5) is 19.1 Å². The van der Waals surface area contributed by atoms with Crippen LogP contribution in [0, 0.1) is 0 Å². The molecule has 1 unspecified atom stereocenters. The van der Waals surface area contributed by atoms with Crippen LogP contribution in [0.1, 0.15) is 12.1 Å². The van der Waals surface area contributed by atoms with E-state index in [1.807, 2.05) is 0 Å². The van der Waals surface area contributed by atoms with E-state index in [0.29, 0.717) is 0 Å². The Morgan fingerprint density at radius 1 is 1.43 bits per heavy atom. The second kappa shape index (κ2) is 10.2. The van der Waals surface area contributed by atoms with Crippen molar-refractivity contribution in [3.63, 3.8) is 0 Å². The van der Waals surface area contributed by atoms with E-state index in [1.165, 1.54) is 7.11 Å². The molecule has 0 bridgehead atoms. The van der Waals surface area contributed by atoms with Crippen LogP contribution in [0.2, 0.25) is 0 Å². The van der Waals surface area contributed by atoms with E-state index in [2.05, 4.69) is 20.6 Å². The van der Waals surface area contributed by atoms with E-state index in [0.717, 1.165) is 12.3 Å². The van der Waals surface area contributed by atoms with Gasteiger partial charge in [-0.15, -0.1) is 12.4 Å². The highest BCUT2D eigenvalue weighted by Gasteiger charge is 2.32. The van der Waals surface area contributed by atoms with Crippen LogP contribution >= 0.6 is 12.4 Å². The van der Waals surface area contributed by atoms with Gasteiger partial charge in [-0.1, -0.05) is 0 Å². The molecule has 23 heavy (non-hydrogen) atoms. The SMILES string of the molecule is COC(CN)CC(=O)NCCNc1nccc(C(F)(F)F)n1.Cl. The van der Waals surface area contributed by atoms with E-state index in [-0.39, 0.29) is 56.4 Å². The van der Waals surface area contributed by atoms with Crippen LogP contribution in [0.5, 0.6) is 0 Å². The van der Waals surface area contributed by atoms with Crippen molar-refractivity contribution in [2.45, 2.75) is 18.7 Å². The van der Waals surface area contributed by atoms with Gasteiger partial charge in [0, 0.05) is 32.9 Å². The van der Waals surface area contributed by atoms with Crippen LogP contribution in [0.25, 0.3) is 0 Å². The van der Waals surface area contributed by atoms with Crippen molar-refractivity contribution in [2.24, 2.45) is 5.73 Å². The summed E-state index contributed by atoms with van der Waals surface area (Å²) in [4.78, 5) is 18.5. The fourth-order valence-corrected chi connectivity index (χ4v) is 1.52. The molecule has 0 saturated carbocycles. The first-order valence-electron chi connectivity index (χ1n) is 6.50. The molecular formula is C12H19ClF3N5O2. The number of nitrogens with zero attached hydrogens (tertiary/aromatic N) is 2. The number of aromatic nitrogens is 2. The molecule has 0 aliphatic carbocycles. The number of methoxy groups -OCH3 is 1. The number of carbonyl (C=O) groups excluding carboxylic acids is 1. The molecule has 7 nitrogen and oxygen atoms in total. The molecule has 0 aliphatic heterocycles. The van der Waals surface area contributed by atoms with Crippen molar-refractivity contribution >= 4 is 24.3 Å². The monoisotopic (exact) mass is 357 g/mol. The molecule has 1 heterocycles. The standard InChI is InChI=1S/C12H18F3N5O2.ClH/c1-22-8(7-16)6-10(21)17-4-5-19-11-18-3-2-9(20-11)12(13,14)15;/h2-3,8H,4-7,16H2,1H3,(H,17,21)(H,18,19,20);1H. The Labute approximate surface area is 137 Å². The number of alkyl halides is 3. The lowest BCUT2D eigenvalue weighted by Crippen LogP contribution is -2.34.